The quantitative estimate of drug-likeness (QED) is 0.644. The minimum Gasteiger partial charge on any atom is -0.429 e. The van der Waals surface area contributed by atoms with Gasteiger partial charge in [-0.3, -0.25) is 4.90 Å². The Hall–Kier alpha value is -1.75. The Morgan fingerprint density at radius 1 is 0.926 bits per heavy atom. The Morgan fingerprint density at radius 2 is 1.44 bits per heavy atom. The van der Waals surface area contributed by atoms with Crippen molar-refractivity contribution in [3.63, 3.8) is 0 Å². The van der Waals surface area contributed by atoms with Crippen LogP contribution in [0, 0.1) is 5.92 Å². The van der Waals surface area contributed by atoms with Crippen LogP contribution in [0.3, 0.4) is 0 Å². The van der Waals surface area contributed by atoms with Crippen molar-refractivity contribution in [1.29, 1.82) is 0 Å². The second-order valence-corrected chi connectivity index (χ2v) is 8.02. The summed E-state index contributed by atoms with van der Waals surface area (Å²) < 4.78 is 11.4. The van der Waals surface area contributed by atoms with Gasteiger partial charge in [-0.15, -0.1) is 0 Å². The summed E-state index contributed by atoms with van der Waals surface area (Å²) in [6.07, 6.45) is 0.860. The predicted molar refractivity (Wildman–Crippen MR) is 105 cm³/mol. The zero-order chi connectivity index (χ0) is 18.8. The molecule has 5 rings (SSSR count). The van der Waals surface area contributed by atoms with Gasteiger partial charge in [0.1, 0.15) is 6.10 Å². The van der Waals surface area contributed by atoms with Crippen LogP contribution in [0.4, 0.5) is 4.79 Å². The van der Waals surface area contributed by atoms with E-state index in [0.717, 1.165) is 43.6 Å². The Bertz CT molecular complexity index is 741. The van der Waals surface area contributed by atoms with E-state index in [0.29, 0.717) is 16.0 Å². The highest BCUT2D eigenvalue weighted by Gasteiger charge is 2.37. The first kappa shape index (κ1) is 18.6. The lowest BCUT2D eigenvalue weighted by Crippen LogP contribution is -2.52. The summed E-state index contributed by atoms with van der Waals surface area (Å²) in [5.74, 6) is 0.437. The molecule has 3 heterocycles. The summed E-state index contributed by atoms with van der Waals surface area (Å²) in [6.45, 7) is 2.99. The molecule has 2 aromatic carbocycles. The van der Waals surface area contributed by atoms with Gasteiger partial charge in [-0.25, -0.2) is 4.79 Å². The van der Waals surface area contributed by atoms with E-state index in [1.807, 2.05) is 24.3 Å². The molecule has 3 saturated heterocycles. The molecule has 0 aromatic heterocycles. The Balaban J connectivity index is 1.51. The van der Waals surface area contributed by atoms with Crippen molar-refractivity contribution in [3.8, 4) is 0 Å². The molecule has 2 aromatic rings. The zero-order valence-corrected chi connectivity index (χ0v) is 16.3. The van der Waals surface area contributed by atoms with Gasteiger partial charge in [-0.05, 0) is 67.2 Å². The van der Waals surface area contributed by atoms with Crippen LogP contribution in [-0.2, 0) is 9.47 Å². The molecular formula is C21H21Cl2NO3. The Kier molecular flexibility index (Phi) is 5.58. The van der Waals surface area contributed by atoms with Crippen LogP contribution in [0.2, 0.25) is 10.0 Å². The van der Waals surface area contributed by atoms with E-state index >= 15 is 0 Å². The number of hydrogen-bond acceptors (Lipinski definition) is 4. The predicted octanol–water partition coefficient (Wildman–Crippen LogP) is 5.33. The number of benzene rings is 2. The molecule has 2 bridgehead atoms. The van der Waals surface area contributed by atoms with Crippen LogP contribution in [-0.4, -0.2) is 36.8 Å². The molecule has 4 nitrogen and oxygen atoms in total. The van der Waals surface area contributed by atoms with E-state index in [1.165, 1.54) is 0 Å². The van der Waals surface area contributed by atoms with Crippen molar-refractivity contribution >= 4 is 29.4 Å². The maximum atomic E-state index is 12.6. The molecule has 3 fully saturated rings. The number of nitrogens with zero attached hydrogens (tertiary/aromatic N) is 1. The highest BCUT2D eigenvalue weighted by atomic mass is 35.5. The van der Waals surface area contributed by atoms with E-state index in [-0.39, 0.29) is 6.10 Å². The number of halogens is 2. The summed E-state index contributed by atoms with van der Waals surface area (Å²) in [4.78, 5) is 14.9. The van der Waals surface area contributed by atoms with Gasteiger partial charge in [-0.2, -0.15) is 0 Å². The fraction of sp³-hybridized carbons (Fsp3) is 0.381. The molecule has 0 radical (unpaired) electrons. The molecule has 0 aliphatic carbocycles. The molecular weight excluding hydrogens is 385 g/mol. The Labute approximate surface area is 169 Å². The second-order valence-electron chi connectivity index (χ2n) is 7.15. The minimum absolute atomic E-state index is 0.0870. The SMILES string of the molecule is O=C(OC(c1ccc(Cl)cc1)c1ccc(Cl)cc1)OC1CN2CCC1CC2. The minimum atomic E-state index is -0.636. The highest BCUT2D eigenvalue weighted by molar-refractivity contribution is 6.30. The third-order valence-corrected chi connectivity index (χ3v) is 5.91. The van der Waals surface area contributed by atoms with Crippen molar-refractivity contribution < 1.29 is 14.3 Å². The van der Waals surface area contributed by atoms with Gasteiger partial charge in [0.2, 0.25) is 0 Å². The number of hydrogen-bond donors (Lipinski definition) is 0. The number of ether oxygens (including phenoxy) is 2. The molecule has 3 aliphatic rings. The highest BCUT2D eigenvalue weighted by Crippen LogP contribution is 2.32. The monoisotopic (exact) mass is 405 g/mol. The van der Waals surface area contributed by atoms with Crippen LogP contribution in [0.15, 0.2) is 48.5 Å². The van der Waals surface area contributed by atoms with E-state index in [1.54, 1.807) is 24.3 Å². The lowest BCUT2D eigenvalue weighted by molar-refractivity contribution is -0.0642. The fourth-order valence-corrected chi connectivity index (χ4v) is 4.15. The first-order valence-corrected chi connectivity index (χ1v) is 9.94. The number of carbonyl (C=O) groups excluding carboxylic acids is 1. The number of piperidine rings is 3. The maximum absolute atomic E-state index is 12.6. The fourth-order valence-electron chi connectivity index (χ4n) is 3.90. The number of carbonyl (C=O) groups is 1. The van der Waals surface area contributed by atoms with E-state index in [9.17, 15) is 4.79 Å². The second kappa shape index (κ2) is 8.09. The summed E-state index contributed by atoms with van der Waals surface area (Å²) in [5.41, 5.74) is 1.65. The molecule has 0 amide bonds. The van der Waals surface area contributed by atoms with Crippen LogP contribution in [0.25, 0.3) is 0 Å². The molecule has 1 atom stereocenters. The van der Waals surface area contributed by atoms with Crippen molar-refractivity contribution in [3.05, 3.63) is 69.7 Å². The van der Waals surface area contributed by atoms with Crippen molar-refractivity contribution in [1.82, 2.24) is 4.90 Å². The average Bonchev–Trinajstić information content (AvgIpc) is 2.69. The number of rotatable bonds is 4. The molecule has 0 N–H and O–H groups in total. The average molecular weight is 406 g/mol. The normalized spacial score (nSPS) is 24.0. The van der Waals surface area contributed by atoms with E-state index in [4.69, 9.17) is 32.7 Å². The summed E-state index contributed by atoms with van der Waals surface area (Å²) >= 11 is 12.0. The Morgan fingerprint density at radius 3 is 1.89 bits per heavy atom. The first-order valence-electron chi connectivity index (χ1n) is 9.19. The standard InChI is InChI=1S/C21H21Cl2NO3/c22-17-5-1-15(2-6-17)20(16-3-7-18(23)8-4-16)27-21(25)26-19-13-24-11-9-14(19)10-12-24/h1-8,14,19-20H,9-13H2. The largest absolute Gasteiger partial charge is 0.509 e. The third-order valence-electron chi connectivity index (χ3n) is 5.40. The topological polar surface area (TPSA) is 38.8 Å². The van der Waals surface area contributed by atoms with Gasteiger partial charge in [0, 0.05) is 16.6 Å². The zero-order valence-electron chi connectivity index (χ0n) is 14.8. The van der Waals surface area contributed by atoms with Crippen LogP contribution < -0.4 is 0 Å². The molecule has 0 saturated carbocycles. The van der Waals surface area contributed by atoms with Gasteiger partial charge in [0.15, 0.2) is 6.10 Å². The molecule has 0 spiro atoms. The smallest absolute Gasteiger partial charge is 0.429 e. The van der Waals surface area contributed by atoms with Crippen molar-refractivity contribution in [2.75, 3.05) is 19.6 Å². The maximum Gasteiger partial charge on any atom is 0.509 e. The van der Waals surface area contributed by atoms with Gasteiger partial charge < -0.3 is 9.47 Å². The molecule has 3 aliphatic heterocycles. The summed E-state index contributed by atoms with van der Waals surface area (Å²) in [5, 5.41) is 1.26. The molecule has 27 heavy (non-hydrogen) atoms. The lowest BCUT2D eigenvalue weighted by atomic mass is 9.86. The summed E-state index contributed by atoms with van der Waals surface area (Å²) in [6, 6.07) is 14.5. The first-order chi connectivity index (χ1) is 13.1. The van der Waals surface area contributed by atoms with Gasteiger partial charge in [0.05, 0.1) is 0 Å². The van der Waals surface area contributed by atoms with Crippen molar-refractivity contribution in [2.45, 2.75) is 25.0 Å². The lowest BCUT2D eigenvalue weighted by Gasteiger charge is -2.43. The third kappa shape index (κ3) is 4.40. The molecule has 1 unspecified atom stereocenters. The van der Waals surface area contributed by atoms with Gasteiger partial charge in [0.25, 0.3) is 0 Å². The van der Waals surface area contributed by atoms with Gasteiger partial charge >= 0.3 is 6.16 Å². The van der Waals surface area contributed by atoms with Gasteiger partial charge in [-0.1, -0.05) is 47.5 Å². The molecule has 142 valence electrons. The van der Waals surface area contributed by atoms with Crippen LogP contribution in [0.5, 0.6) is 0 Å². The molecule has 6 heteroatoms. The van der Waals surface area contributed by atoms with Crippen LogP contribution >= 0.6 is 23.2 Å². The van der Waals surface area contributed by atoms with Crippen LogP contribution in [0.1, 0.15) is 30.1 Å². The van der Waals surface area contributed by atoms with Crippen molar-refractivity contribution in [2.24, 2.45) is 5.92 Å². The summed E-state index contributed by atoms with van der Waals surface area (Å²) in [7, 11) is 0. The van der Waals surface area contributed by atoms with E-state index < -0.39 is 12.3 Å². The van der Waals surface area contributed by atoms with E-state index in [2.05, 4.69) is 4.90 Å². The number of fused-ring (bicyclic) bond motifs is 3.